The Morgan fingerprint density at radius 2 is 1.85 bits per heavy atom. The van der Waals surface area contributed by atoms with Crippen molar-refractivity contribution in [3.05, 3.63) is 75.2 Å². The number of carbonyl (C=O) groups excluding carboxylic acids is 1. The van der Waals surface area contributed by atoms with Crippen molar-refractivity contribution < 1.29 is 13.9 Å². The minimum absolute atomic E-state index is 0.180. The number of thioether (sulfide) groups is 1. The molecule has 2 heterocycles. The van der Waals surface area contributed by atoms with Crippen LogP contribution in [0, 0.1) is 19.7 Å². The number of nitrogens with zero attached hydrogens (tertiary/aromatic N) is 5. The van der Waals surface area contributed by atoms with E-state index >= 15 is 0 Å². The topological polar surface area (TPSA) is 121 Å². The molecule has 0 aliphatic rings. The lowest BCUT2D eigenvalue weighted by atomic mass is 10.1. The molecular weight excluding hydrogens is 465 g/mol. The SMILES string of the molecule is Cc1cc(C)cc(OCc2nnc(SCc3nnc(C(=O)Nc4ccc(F)cc4)s3)n2N)c1. The fraction of sp³-hybridized carbons (Fsp3) is 0.190. The van der Waals surface area contributed by atoms with Crippen molar-refractivity contribution in [3.8, 4) is 5.75 Å². The van der Waals surface area contributed by atoms with E-state index in [2.05, 4.69) is 31.8 Å². The van der Waals surface area contributed by atoms with E-state index in [9.17, 15) is 9.18 Å². The lowest BCUT2D eigenvalue weighted by Gasteiger charge is -2.08. The first-order valence-corrected chi connectivity index (χ1v) is 11.6. The van der Waals surface area contributed by atoms with Crippen LogP contribution in [-0.4, -0.2) is 31.0 Å². The number of rotatable bonds is 8. The van der Waals surface area contributed by atoms with Crippen molar-refractivity contribution in [2.45, 2.75) is 31.4 Å². The smallest absolute Gasteiger partial charge is 0.286 e. The van der Waals surface area contributed by atoms with Crippen LogP contribution in [-0.2, 0) is 12.4 Å². The van der Waals surface area contributed by atoms with E-state index in [1.807, 2.05) is 26.0 Å². The van der Waals surface area contributed by atoms with E-state index < -0.39 is 5.91 Å². The number of nitrogens with one attached hydrogen (secondary N) is 1. The number of ether oxygens (including phenoxy) is 1. The van der Waals surface area contributed by atoms with E-state index in [0.29, 0.717) is 27.4 Å². The molecule has 2 aromatic heterocycles. The third kappa shape index (κ3) is 5.84. The molecule has 0 fully saturated rings. The van der Waals surface area contributed by atoms with Gasteiger partial charge in [0.25, 0.3) is 5.91 Å². The van der Waals surface area contributed by atoms with Crippen LogP contribution in [0.25, 0.3) is 0 Å². The Morgan fingerprint density at radius 1 is 1.12 bits per heavy atom. The Morgan fingerprint density at radius 3 is 2.58 bits per heavy atom. The maximum Gasteiger partial charge on any atom is 0.286 e. The van der Waals surface area contributed by atoms with Gasteiger partial charge in [0.2, 0.25) is 10.2 Å². The Balaban J connectivity index is 1.32. The van der Waals surface area contributed by atoms with Gasteiger partial charge in [-0.15, -0.1) is 20.4 Å². The van der Waals surface area contributed by atoms with Crippen LogP contribution in [0.15, 0.2) is 47.6 Å². The number of nitrogens with two attached hydrogens (primary N) is 1. The summed E-state index contributed by atoms with van der Waals surface area (Å²) < 4.78 is 20.2. The average Bonchev–Trinajstić information content (AvgIpc) is 3.38. The molecule has 0 aliphatic carbocycles. The van der Waals surface area contributed by atoms with Crippen LogP contribution in [0.4, 0.5) is 10.1 Å². The lowest BCUT2D eigenvalue weighted by Crippen LogP contribution is -2.15. The molecule has 0 spiro atoms. The normalized spacial score (nSPS) is 10.9. The molecule has 4 rings (SSSR count). The molecule has 0 aliphatic heterocycles. The van der Waals surface area contributed by atoms with Gasteiger partial charge in [0.05, 0.1) is 5.75 Å². The molecule has 3 N–H and O–H groups in total. The molecule has 0 radical (unpaired) electrons. The highest BCUT2D eigenvalue weighted by molar-refractivity contribution is 7.98. The standard InChI is InChI=1S/C21H20FN7O2S2/c1-12-7-13(2)9-16(8-12)31-10-17-25-28-21(29(17)23)32-11-18-26-27-20(33-18)19(30)24-15-5-3-14(22)4-6-15/h3-9H,10-11,23H2,1-2H3,(H,24,30). The number of benzene rings is 2. The van der Waals surface area contributed by atoms with Gasteiger partial charge >= 0.3 is 0 Å². The zero-order valence-corrected chi connectivity index (χ0v) is 19.4. The van der Waals surface area contributed by atoms with E-state index in [1.165, 1.54) is 40.7 Å². The fourth-order valence-corrected chi connectivity index (χ4v) is 4.51. The molecule has 170 valence electrons. The van der Waals surface area contributed by atoms with Gasteiger partial charge in [0.15, 0.2) is 5.82 Å². The highest BCUT2D eigenvalue weighted by Gasteiger charge is 2.16. The molecule has 0 unspecified atom stereocenters. The van der Waals surface area contributed by atoms with Gasteiger partial charge in [0.1, 0.15) is 23.2 Å². The minimum Gasteiger partial charge on any atom is -0.486 e. The van der Waals surface area contributed by atoms with Crippen molar-refractivity contribution in [1.82, 2.24) is 25.1 Å². The van der Waals surface area contributed by atoms with E-state index in [-0.39, 0.29) is 17.4 Å². The molecule has 1 amide bonds. The molecule has 0 saturated carbocycles. The summed E-state index contributed by atoms with van der Waals surface area (Å²) in [4.78, 5) is 12.3. The summed E-state index contributed by atoms with van der Waals surface area (Å²) in [5.41, 5.74) is 2.69. The second-order valence-electron chi connectivity index (χ2n) is 7.13. The van der Waals surface area contributed by atoms with Crippen LogP contribution in [0.1, 0.15) is 31.8 Å². The number of carbonyl (C=O) groups is 1. The van der Waals surface area contributed by atoms with Gasteiger partial charge in [0, 0.05) is 5.69 Å². The number of aromatic nitrogens is 5. The van der Waals surface area contributed by atoms with Gasteiger partial charge in [-0.2, -0.15) is 0 Å². The number of amides is 1. The van der Waals surface area contributed by atoms with Crippen LogP contribution in [0.5, 0.6) is 5.75 Å². The van der Waals surface area contributed by atoms with Gasteiger partial charge in [-0.3, -0.25) is 4.79 Å². The summed E-state index contributed by atoms with van der Waals surface area (Å²) in [6.07, 6.45) is 0. The van der Waals surface area contributed by atoms with Gasteiger partial charge in [-0.05, 0) is 61.4 Å². The van der Waals surface area contributed by atoms with Crippen molar-refractivity contribution >= 4 is 34.7 Å². The van der Waals surface area contributed by atoms with E-state index in [0.717, 1.165) is 28.2 Å². The zero-order valence-electron chi connectivity index (χ0n) is 17.8. The van der Waals surface area contributed by atoms with Crippen molar-refractivity contribution in [3.63, 3.8) is 0 Å². The molecule has 33 heavy (non-hydrogen) atoms. The number of hydrogen-bond acceptors (Lipinski definition) is 9. The number of anilines is 1. The first-order valence-electron chi connectivity index (χ1n) is 9.80. The maximum atomic E-state index is 13.0. The van der Waals surface area contributed by atoms with Crippen molar-refractivity contribution in [2.24, 2.45) is 0 Å². The zero-order chi connectivity index (χ0) is 23.4. The van der Waals surface area contributed by atoms with Crippen molar-refractivity contribution in [1.29, 1.82) is 0 Å². The van der Waals surface area contributed by atoms with Crippen LogP contribution < -0.4 is 15.9 Å². The van der Waals surface area contributed by atoms with Crippen LogP contribution in [0.3, 0.4) is 0 Å². The Bertz CT molecular complexity index is 1250. The first-order chi connectivity index (χ1) is 15.9. The minimum atomic E-state index is -0.414. The van der Waals surface area contributed by atoms with Crippen LogP contribution >= 0.6 is 23.1 Å². The Labute approximate surface area is 197 Å². The molecule has 0 saturated heterocycles. The molecule has 0 atom stereocenters. The van der Waals surface area contributed by atoms with E-state index in [4.69, 9.17) is 10.6 Å². The fourth-order valence-electron chi connectivity index (χ4n) is 2.92. The quantitative estimate of drug-likeness (QED) is 0.286. The highest BCUT2D eigenvalue weighted by Crippen LogP contribution is 2.24. The summed E-state index contributed by atoms with van der Waals surface area (Å²) >= 11 is 2.47. The Kier molecular flexibility index (Phi) is 6.84. The molecule has 12 heteroatoms. The predicted molar refractivity (Wildman–Crippen MR) is 124 cm³/mol. The largest absolute Gasteiger partial charge is 0.486 e. The number of nitrogen functional groups attached to an aromatic ring is 1. The maximum absolute atomic E-state index is 13.0. The number of hydrogen-bond donors (Lipinski definition) is 2. The second kappa shape index (κ2) is 9.96. The molecular formula is C21H20FN7O2S2. The third-order valence-electron chi connectivity index (χ3n) is 4.39. The predicted octanol–water partition coefficient (Wildman–Crippen LogP) is 3.72. The van der Waals surface area contributed by atoms with Crippen LogP contribution in [0.2, 0.25) is 0 Å². The average molecular weight is 486 g/mol. The summed E-state index contributed by atoms with van der Waals surface area (Å²) in [5, 5.41) is 20.1. The summed E-state index contributed by atoms with van der Waals surface area (Å²) in [6, 6.07) is 11.4. The second-order valence-corrected chi connectivity index (χ2v) is 9.14. The number of halogens is 1. The molecule has 2 aromatic carbocycles. The summed E-state index contributed by atoms with van der Waals surface area (Å²) in [6.45, 7) is 4.19. The third-order valence-corrected chi connectivity index (χ3v) is 6.45. The Hall–Kier alpha value is -3.51. The van der Waals surface area contributed by atoms with Crippen molar-refractivity contribution in [2.75, 3.05) is 11.2 Å². The highest BCUT2D eigenvalue weighted by atomic mass is 32.2. The van der Waals surface area contributed by atoms with E-state index in [1.54, 1.807) is 0 Å². The summed E-state index contributed by atoms with van der Waals surface area (Å²) in [7, 11) is 0. The molecule has 4 aromatic rings. The molecule has 9 nitrogen and oxygen atoms in total. The van der Waals surface area contributed by atoms with Gasteiger partial charge < -0.3 is 15.9 Å². The molecule has 0 bridgehead atoms. The summed E-state index contributed by atoms with van der Waals surface area (Å²) in [5.74, 6) is 6.95. The first kappa shape index (κ1) is 22.7. The lowest BCUT2D eigenvalue weighted by molar-refractivity contribution is 0.102. The monoisotopic (exact) mass is 485 g/mol. The van der Waals surface area contributed by atoms with Gasteiger partial charge in [-0.25, -0.2) is 9.07 Å². The number of aryl methyl sites for hydroxylation is 2. The van der Waals surface area contributed by atoms with Gasteiger partial charge in [-0.1, -0.05) is 29.2 Å².